The fraction of sp³-hybridized carbons (Fsp3) is 0.375. The third-order valence-corrected chi connectivity index (χ3v) is 5.07. The van der Waals surface area contributed by atoms with Crippen molar-refractivity contribution < 1.29 is 4.79 Å². The maximum absolute atomic E-state index is 12.6. The first-order valence-corrected chi connectivity index (χ1v) is 10.6. The molecular formula is C24H31N5O. The monoisotopic (exact) mass is 405 g/mol. The van der Waals surface area contributed by atoms with E-state index in [1.54, 1.807) is 0 Å². The zero-order chi connectivity index (χ0) is 21.5. The number of carbonyl (C=O) groups is 1. The molecule has 6 nitrogen and oxygen atoms in total. The van der Waals surface area contributed by atoms with Gasteiger partial charge in [-0.25, -0.2) is 0 Å². The van der Waals surface area contributed by atoms with Gasteiger partial charge in [-0.3, -0.25) is 4.79 Å². The van der Waals surface area contributed by atoms with Gasteiger partial charge in [-0.2, -0.15) is 9.67 Å². The molecule has 0 saturated heterocycles. The third-order valence-electron chi connectivity index (χ3n) is 5.07. The summed E-state index contributed by atoms with van der Waals surface area (Å²) in [6.07, 6.45) is 2.04. The minimum Gasteiger partial charge on any atom is -0.350 e. The quantitative estimate of drug-likeness (QED) is 0.528. The lowest BCUT2D eigenvalue weighted by molar-refractivity contribution is 0.0841. The van der Waals surface area contributed by atoms with E-state index in [4.69, 9.17) is 0 Å². The van der Waals surface area contributed by atoms with Crippen LogP contribution in [-0.4, -0.2) is 20.7 Å². The average molecular weight is 406 g/mol. The van der Waals surface area contributed by atoms with Crippen LogP contribution in [0.2, 0.25) is 0 Å². The highest BCUT2D eigenvalue weighted by atomic mass is 16.2. The maximum Gasteiger partial charge on any atom is 0.252 e. The van der Waals surface area contributed by atoms with Crippen molar-refractivity contribution in [3.8, 4) is 0 Å². The zero-order valence-corrected chi connectivity index (χ0v) is 18.3. The van der Waals surface area contributed by atoms with Crippen LogP contribution in [0.25, 0.3) is 0 Å². The largest absolute Gasteiger partial charge is 0.350 e. The summed E-state index contributed by atoms with van der Waals surface area (Å²) in [7, 11) is 0. The highest BCUT2D eigenvalue weighted by molar-refractivity contribution is 5.82. The summed E-state index contributed by atoms with van der Waals surface area (Å²) in [4.78, 5) is 17.1. The van der Waals surface area contributed by atoms with Gasteiger partial charge in [0.1, 0.15) is 0 Å². The van der Waals surface area contributed by atoms with Crippen LogP contribution in [0, 0.1) is 5.92 Å². The van der Waals surface area contributed by atoms with Gasteiger partial charge in [-0.1, -0.05) is 76.2 Å². The van der Waals surface area contributed by atoms with Crippen molar-refractivity contribution >= 4 is 17.8 Å². The minimum absolute atomic E-state index is 0.0910. The minimum atomic E-state index is -0.175. The SMILES string of the molecule is CCc1ccc(CNc2nc(NCc3ccc(CC)cc3)n(C(=O)C(C)C)n2)cc1. The van der Waals surface area contributed by atoms with Crippen molar-refractivity contribution in [3.63, 3.8) is 0 Å². The predicted molar refractivity (Wildman–Crippen MR) is 122 cm³/mol. The van der Waals surface area contributed by atoms with Gasteiger partial charge in [0.2, 0.25) is 11.9 Å². The maximum atomic E-state index is 12.6. The molecule has 3 rings (SSSR count). The number of anilines is 2. The summed E-state index contributed by atoms with van der Waals surface area (Å²) in [6.45, 7) is 9.18. The van der Waals surface area contributed by atoms with Gasteiger partial charge in [0, 0.05) is 19.0 Å². The number of benzene rings is 2. The van der Waals surface area contributed by atoms with E-state index < -0.39 is 0 Å². The van der Waals surface area contributed by atoms with Crippen LogP contribution in [0.4, 0.5) is 11.9 Å². The molecule has 0 aliphatic carbocycles. The number of aryl methyl sites for hydroxylation is 2. The molecule has 0 radical (unpaired) electrons. The normalized spacial score (nSPS) is 11.0. The molecule has 0 spiro atoms. The summed E-state index contributed by atoms with van der Waals surface area (Å²) in [5.74, 6) is 0.627. The molecule has 6 heteroatoms. The molecule has 0 bridgehead atoms. The topological polar surface area (TPSA) is 71.8 Å². The number of aromatic nitrogens is 3. The summed E-state index contributed by atoms with van der Waals surface area (Å²) in [6, 6.07) is 16.9. The lowest BCUT2D eigenvalue weighted by atomic mass is 10.1. The van der Waals surface area contributed by atoms with Crippen LogP contribution in [0.15, 0.2) is 48.5 Å². The second kappa shape index (κ2) is 10.1. The van der Waals surface area contributed by atoms with E-state index in [0.29, 0.717) is 25.0 Å². The van der Waals surface area contributed by atoms with Gasteiger partial charge in [0.25, 0.3) is 5.91 Å². The number of hydrogen-bond acceptors (Lipinski definition) is 5. The Morgan fingerprint density at radius 3 is 1.77 bits per heavy atom. The summed E-state index contributed by atoms with van der Waals surface area (Å²) in [5, 5.41) is 10.9. The molecule has 3 aromatic rings. The highest BCUT2D eigenvalue weighted by Crippen LogP contribution is 2.15. The number of rotatable bonds is 9. The molecular weight excluding hydrogens is 374 g/mol. The van der Waals surface area contributed by atoms with Crippen LogP contribution in [-0.2, 0) is 25.9 Å². The number of nitrogens with zero attached hydrogens (tertiary/aromatic N) is 3. The highest BCUT2D eigenvalue weighted by Gasteiger charge is 2.18. The Morgan fingerprint density at radius 1 is 0.833 bits per heavy atom. The first-order chi connectivity index (χ1) is 14.5. The van der Waals surface area contributed by atoms with Crippen LogP contribution >= 0.6 is 0 Å². The Bertz CT molecular complexity index is 958. The molecule has 30 heavy (non-hydrogen) atoms. The third kappa shape index (κ3) is 5.47. The Hall–Kier alpha value is -3.15. The smallest absolute Gasteiger partial charge is 0.252 e. The van der Waals surface area contributed by atoms with E-state index in [2.05, 4.69) is 83.1 Å². The molecule has 1 aromatic heterocycles. The average Bonchev–Trinajstić information content (AvgIpc) is 3.19. The van der Waals surface area contributed by atoms with Crippen molar-refractivity contribution in [2.24, 2.45) is 5.92 Å². The van der Waals surface area contributed by atoms with Crippen molar-refractivity contribution in [1.82, 2.24) is 14.8 Å². The molecule has 0 unspecified atom stereocenters. The van der Waals surface area contributed by atoms with Crippen LogP contribution < -0.4 is 10.6 Å². The summed E-state index contributed by atoms with van der Waals surface area (Å²) < 4.78 is 1.37. The Morgan fingerprint density at radius 2 is 1.30 bits per heavy atom. The number of hydrogen-bond donors (Lipinski definition) is 2. The van der Waals surface area contributed by atoms with Gasteiger partial charge in [-0.15, -0.1) is 5.10 Å². The van der Waals surface area contributed by atoms with Crippen molar-refractivity contribution in [1.29, 1.82) is 0 Å². The molecule has 158 valence electrons. The predicted octanol–water partition coefficient (Wildman–Crippen LogP) is 4.92. The molecule has 2 aromatic carbocycles. The van der Waals surface area contributed by atoms with E-state index in [-0.39, 0.29) is 11.8 Å². The lowest BCUT2D eigenvalue weighted by Gasteiger charge is -2.09. The number of nitrogens with one attached hydrogen (secondary N) is 2. The fourth-order valence-corrected chi connectivity index (χ4v) is 3.05. The van der Waals surface area contributed by atoms with E-state index in [0.717, 1.165) is 24.0 Å². The molecule has 1 heterocycles. The summed E-state index contributed by atoms with van der Waals surface area (Å²) >= 11 is 0. The van der Waals surface area contributed by atoms with Gasteiger partial charge >= 0.3 is 0 Å². The van der Waals surface area contributed by atoms with Crippen LogP contribution in [0.5, 0.6) is 0 Å². The van der Waals surface area contributed by atoms with E-state index >= 15 is 0 Å². The fourth-order valence-electron chi connectivity index (χ4n) is 3.05. The first kappa shape index (κ1) is 21.6. The molecule has 2 N–H and O–H groups in total. The van der Waals surface area contributed by atoms with Gasteiger partial charge < -0.3 is 10.6 Å². The molecule has 0 aliphatic heterocycles. The Labute approximate surface area is 178 Å². The second-order valence-corrected chi connectivity index (χ2v) is 7.71. The Kier molecular flexibility index (Phi) is 7.22. The first-order valence-electron chi connectivity index (χ1n) is 10.6. The molecule has 0 saturated carbocycles. The molecule has 0 aliphatic rings. The van der Waals surface area contributed by atoms with Crippen LogP contribution in [0.1, 0.15) is 54.7 Å². The van der Waals surface area contributed by atoms with E-state index in [9.17, 15) is 4.79 Å². The van der Waals surface area contributed by atoms with Crippen molar-refractivity contribution in [2.75, 3.05) is 10.6 Å². The van der Waals surface area contributed by atoms with E-state index in [1.807, 2.05) is 13.8 Å². The van der Waals surface area contributed by atoms with Crippen molar-refractivity contribution in [3.05, 3.63) is 70.8 Å². The molecule has 0 amide bonds. The van der Waals surface area contributed by atoms with Gasteiger partial charge in [0.05, 0.1) is 0 Å². The Balaban J connectivity index is 1.71. The second-order valence-electron chi connectivity index (χ2n) is 7.71. The lowest BCUT2D eigenvalue weighted by Crippen LogP contribution is -2.21. The molecule has 0 fully saturated rings. The van der Waals surface area contributed by atoms with Crippen LogP contribution in [0.3, 0.4) is 0 Å². The van der Waals surface area contributed by atoms with Gasteiger partial charge in [-0.05, 0) is 35.1 Å². The number of carbonyl (C=O) groups excluding carboxylic acids is 1. The van der Waals surface area contributed by atoms with E-state index in [1.165, 1.54) is 15.8 Å². The summed E-state index contributed by atoms with van der Waals surface area (Å²) in [5.41, 5.74) is 4.88. The van der Waals surface area contributed by atoms with Gasteiger partial charge in [0.15, 0.2) is 0 Å². The molecule has 0 atom stereocenters. The van der Waals surface area contributed by atoms with Crippen molar-refractivity contribution in [2.45, 2.75) is 53.6 Å². The standard InChI is InChI=1S/C24H31N5O/c1-5-18-7-11-20(12-8-18)15-25-23-27-24(29(28-23)22(30)17(3)4)26-16-21-13-9-19(6-2)10-14-21/h7-14,17H,5-6,15-16H2,1-4H3,(H2,25,26,27,28). The zero-order valence-electron chi connectivity index (χ0n) is 18.3.